The van der Waals surface area contributed by atoms with E-state index in [1.165, 1.54) is 39.5 Å². The lowest BCUT2D eigenvalue weighted by atomic mass is 9.97. The molecule has 0 bridgehead atoms. The second kappa shape index (κ2) is 15.9. The van der Waals surface area contributed by atoms with Crippen LogP contribution in [0.4, 0.5) is 9.80 Å². The van der Waals surface area contributed by atoms with E-state index in [0.717, 1.165) is 16.9 Å². The highest BCUT2D eigenvalue weighted by Gasteiger charge is 2.40. The Labute approximate surface area is 285 Å². The lowest BCUT2D eigenvalue weighted by Crippen LogP contribution is -2.57. The minimum absolute atomic E-state index is 0.0150. The number of aliphatic hydroxyl groups is 1. The van der Waals surface area contributed by atoms with Crippen molar-refractivity contribution in [1.29, 1.82) is 0 Å². The minimum Gasteiger partial charge on any atom is -0.508 e. The fourth-order valence-electron chi connectivity index (χ4n) is 5.77. The number of aliphatic hydroxyl groups excluding tert-OH is 1. The van der Waals surface area contributed by atoms with Gasteiger partial charge in [-0.15, -0.1) is 0 Å². The molecule has 0 radical (unpaired) electrons. The second-order valence-electron chi connectivity index (χ2n) is 12.7. The Morgan fingerprint density at radius 1 is 1.04 bits per heavy atom. The molecule has 1 aliphatic rings. The van der Waals surface area contributed by atoms with Crippen molar-refractivity contribution < 1.29 is 33.1 Å². The summed E-state index contributed by atoms with van der Waals surface area (Å²) < 4.78 is 28.6. The zero-order valence-corrected chi connectivity index (χ0v) is 29.1. The van der Waals surface area contributed by atoms with E-state index in [4.69, 9.17) is 0 Å². The molecule has 2 aromatic carbocycles. The summed E-state index contributed by atoms with van der Waals surface area (Å²) in [6, 6.07) is 13.6. The van der Waals surface area contributed by atoms with Gasteiger partial charge in [0.2, 0.25) is 15.9 Å². The molecule has 260 valence electrons. The van der Waals surface area contributed by atoms with E-state index in [-0.39, 0.29) is 66.1 Å². The van der Waals surface area contributed by atoms with Crippen LogP contribution in [0.1, 0.15) is 38.8 Å². The van der Waals surface area contributed by atoms with E-state index in [2.05, 4.69) is 5.32 Å². The molecule has 2 heterocycles. The van der Waals surface area contributed by atoms with Crippen molar-refractivity contribution in [3.63, 3.8) is 0 Å². The Morgan fingerprint density at radius 3 is 2.29 bits per heavy atom. The predicted molar refractivity (Wildman–Crippen MR) is 182 cm³/mol. The molecule has 48 heavy (non-hydrogen) atoms. The fraction of sp³-hybridized carbons (Fsp3) is 0.455. The van der Waals surface area contributed by atoms with E-state index in [1.54, 1.807) is 10.3 Å². The number of urea groups is 1. The first-order valence-electron chi connectivity index (χ1n) is 15.8. The van der Waals surface area contributed by atoms with Crippen molar-refractivity contribution in [3.8, 4) is 5.75 Å². The third-order valence-corrected chi connectivity index (χ3v) is 10.9. The molecule has 15 heteroatoms. The molecular weight excluding hydrogens is 659 g/mol. The monoisotopic (exact) mass is 701 g/mol. The van der Waals surface area contributed by atoms with Crippen molar-refractivity contribution in [2.45, 2.75) is 63.7 Å². The van der Waals surface area contributed by atoms with Crippen LogP contribution in [0, 0.1) is 22.0 Å². The average Bonchev–Trinajstić information content (AvgIpc) is 3.64. The van der Waals surface area contributed by atoms with Gasteiger partial charge in [0.15, 0.2) is 0 Å². The molecule has 13 nitrogen and oxygen atoms in total. The van der Waals surface area contributed by atoms with Crippen LogP contribution in [0.15, 0.2) is 70.9 Å². The Hall–Kier alpha value is -4.05. The number of nitrogens with zero attached hydrogens (tertiary/aromatic N) is 4. The molecule has 3 amide bonds. The number of nitrogens with one attached hydrogen (secondary N) is 1. The van der Waals surface area contributed by atoms with Gasteiger partial charge in [-0.1, -0.05) is 69.4 Å². The van der Waals surface area contributed by atoms with Crippen LogP contribution in [-0.4, -0.2) is 94.0 Å². The number of benzene rings is 2. The molecule has 1 aliphatic heterocycles. The maximum atomic E-state index is 14.0. The zero-order chi connectivity index (χ0) is 35.2. The van der Waals surface area contributed by atoms with Crippen molar-refractivity contribution >= 4 is 38.3 Å². The number of nitro groups is 1. The van der Waals surface area contributed by atoms with E-state index in [0.29, 0.717) is 12.1 Å². The fourth-order valence-corrected chi connectivity index (χ4v) is 8.11. The van der Waals surface area contributed by atoms with Crippen LogP contribution in [0.3, 0.4) is 0 Å². The highest BCUT2D eigenvalue weighted by atomic mass is 32.2. The predicted octanol–water partition coefficient (Wildman–Crippen LogP) is 4.06. The number of phenols is 1. The van der Waals surface area contributed by atoms with Gasteiger partial charge in [-0.25, -0.2) is 13.2 Å². The van der Waals surface area contributed by atoms with E-state index < -0.39 is 39.0 Å². The molecule has 3 N–H and O–H groups in total. The lowest BCUT2D eigenvalue weighted by molar-refractivity contribution is -0.380. The smallest absolute Gasteiger partial charge is 0.324 e. The lowest BCUT2D eigenvalue weighted by Gasteiger charge is -2.34. The molecule has 3 aromatic rings. The van der Waals surface area contributed by atoms with Crippen molar-refractivity contribution in [2.24, 2.45) is 11.8 Å². The quantitative estimate of drug-likeness (QED) is 0.148. The second-order valence-corrected chi connectivity index (χ2v) is 15.5. The first kappa shape index (κ1) is 36.8. The van der Waals surface area contributed by atoms with Gasteiger partial charge in [0.1, 0.15) is 11.8 Å². The SMILES string of the molecule is CC(C)CN(C[C@@H](O)[C@H](Cc1ccccc1)NC(=O)[C@H](C(C)C)N1CCN(Cc2csc([N+](=O)[O-])c2)C1=O)S(=O)(=O)c1ccc(O)cc1. The number of thiophene rings is 1. The van der Waals surface area contributed by atoms with E-state index >= 15 is 0 Å². The molecule has 1 fully saturated rings. The number of hydrogen-bond acceptors (Lipinski definition) is 9. The minimum atomic E-state index is -4.07. The zero-order valence-electron chi connectivity index (χ0n) is 27.4. The van der Waals surface area contributed by atoms with Gasteiger partial charge >= 0.3 is 11.0 Å². The molecule has 1 saturated heterocycles. The summed E-state index contributed by atoms with van der Waals surface area (Å²) in [5.74, 6) is -0.952. The van der Waals surface area contributed by atoms with Crippen LogP contribution < -0.4 is 5.32 Å². The Kier molecular flexibility index (Phi) is 12.2. The molecule has 0 aliphatic carbocycles. The number of sulfonamides is 1. The summed E-state index contributed by atoms with van der Waals surface area (Å²) in [4.78, 5) is 41.2. The third-order valence-electron chi connectivity index (χ3n) is 8.08. The molecule has 0 saturated carbocycles. The highest BCUT2D eigenvalue weighted by Crippen LogP contribution is 2.27. The van der Waals surface area contributed by atoms with Crippen molar-refractivity contribution in [2.75, 3.05) is 26.2 Å². The molecule has 4 rings (SSSR count). The van der Waals surface area contributed by atoms with Gasteiger partial charge < -0.3 is 25.3 Å². The van der Waals surface area contributed by atoms with E-state index in [9.17, 15) is 38.3 Å². The van der Waals surface area contributed by atoms with Crippen LogP contribution in [-0.2, 0) is 27.8 Å². The molecular formula is C33H43N5O8S2. The van der Waals surface area contributed by atoms with Crippen LogP contribution in [0.25, 0.3) is 0 Å². The first-order chi connectivity index (χ1) is 22.7. The normalized spacial score (nSPS) is 15.7. The van der Waals surface area contributed by atoms with Gasteiger partial charge in [-0.05, 0) is 53.6 Å². The Balaban J connectivity index is 1.56. The summed E-state index contributed by atoms with van der Waals surface area (Å²) in [5.41, 5.74) is 1.44. The number of carbonyl (C=O) groups is 2. The van der Waals surface area contributed by atoms with Crippen LogP contribution in [0.5, 0.6) is 5.75 Å². The summed E-state index contributed by atoms with van der Waals surface area (Å²) in [6.45, 7) is 7.91. The molecule has 1 aromatic heterocycles. The van der Waals surface area contributed by atoms with Gasteiger partial charge in [-0.2, -0.15) is 4.31 Å². The number of carbonyl (C=O) groups excluding carboxylic acids is 2. The molecule has 0 spiro atoms. The topological polar surface area (TPSA) is 174 Å². The van der Waals surface area contributed by atoms with Gasteiger partial charge in [-0.3, -0.25) is 14.9 Å². The Morgan fingerprint density at radius 2 is 1.71 bits per heavy atom. The van der Waals surface area contributed by atoms with Crippen molar-refractivity contribution in [3.05, 3.63) is 87.3 Å². The maximum Gasteiger partial charge on any atom is 0.324 e. The Bertz CT molecular complexity index is 1660. The summed E-state index contributed by atoms with van der Waals surface area (Å²) >= 11 is 0.987. The highest BCUT2D eigenvalue weighted by molar-refractivity contribution is 7.89. The summed E-state index contributed by atoms with van der Waals surface area (Å²) in [7, 11) is -4.07. The number of aromatic hydroxyl groups is 1. The number of amides is 3. The number of rotatable bonds is 16. The van der Waals surface area contributed by atoms with Gasteiger partial charge in [0.25, 0.3) is 0 Å². The maximum absolute atomic E-state index is 14.0. The number of hydrogen-bond donors (Lipinski definition) is 3. The van der Waals surface area contributed by atoms with Crippen molar-refractivity contribution in [1.82, 2.24) is 19.4 Å². The number of phenolic OH excluding ortho intramolecular Hbond substituents is 1. The van der Waals surface area contributed by atoms with E-state index in [1.807, 2.05) is 58.0 Å². The molecule has 0 unspecified atom stereocenters. The summed E-state index contributed by atoms with van der Waals surface area (Å²) in [6.07, 6.45) is -1.13. The van der Waals surface area contributed by atoms with Crippen LogP contribution >= 0.6 is 11.3 Å². The van der Waals surface area contributed by atoms with Gasteiger partial charge in [0, 0.05) is 44.2 Å². The standard InChI is InChI=1S/C33H43N5O8S2/c1-22(2)18-36(48(45,46)27-12-10-26(39)11-13-27)20-29(40)28(16-24-8-6-5-7-9-24)34-32(41)31(23(3)4)37-15-14-35(33(37)42)19-25-17-30(38(43)44)47-21-25/h5-13,17,21-23,28-29,31,39-40H,14-16,18-20H2,1-4H3,(H,34,41)/t28-,29+,31-/m0/s1. The third kappa shape index (κ3) is 9.09. The first-order valence-corrected chi connectivity index (χ1v) is 18.1. The van der Waals surface area contributed by atoms with Crippen LogP contribution in [0.2, 0.25) is 0 Å². The molecule has 3 atom stereocenters. The largest absolute Gasteiger partial charge is 0.508 e. The average molecular weight is 702 g/mol. The summed E-state index contributed by atoms with van der Waals surface area (Å²) in [5, 5.41) is 37.0. The van der Waals surface area contributed by atoms with Gasteiger partial charge in [0.05, 0.1) is 22.0 Å².